The molecule has 2 heterocycles. The summed E-state index contributed by atoms with van der Waals surface area (Å²) in [4.78, 5) is 12.7. The van der Waals surface area contributed by atoms with E-state index >= 15 is 0 Å². The van der Waals surface area contributed by atoms with Crippen LogP contribution >= 0.6 is 23.2 Å². The van der Waals surface area contributed by atoms with Gasteiger partial charge in [-0.25, -0.2) is 0 Å². The Morgan fingerprint density at radius 1 is 1.27 bits per heavy atom. The zero-order chi connectivity index (χ0) is 18.8. The Balaban J connectivity index is 1.74. The van der Waals surface area contributed by atoms with Crippen molar-refractivity contribution in [3.63, 3.8) is 0 Å². The minimum atomic E-state index is -0.152. The zero-order valence-corrected chi connectivity index (χ0v) is 16.2. The summed E-state index contributed by atoms with van der Waals surface area (Å²) in [6, 6.07) is 9.07. The summed E-state index contributed by atoms with van der Waals surface area (Å²) in [5.74, 6) is 0.662. The lowest BCUT2D eigenvalue weighted by Crippen LogP contribution is -2.28. The highest BCUT2D eigenvalue weighted by Crippen LogP contribution is 2.25. The number of halogens is 2. The van der Waals surface area contributed by atoms with Gasteiger partial charge in [-0.15, -0.1) is 0 Å². The lowest BCUT2D eigenvalue weighted by atomic mass is 10.1. The molecule has 1 N–H and O–H groups in total. The first-order valence-corrected chi connectivity index (χ1v) is 9.07. The molecular formula is C20H20Cl2N2O2. The Morgan fingerprint density at radius 3 is 2.73 bits per heavy atom. The monoisotopic (exact) mass is 390 g/mol. The van der Waals surface area contributed by atoms with Crippen molar-refractivity contribution < 1.29 is 9.21 Å². The van der Waals surface area contributed by atoms with Crippen LogP contribution in [0.3, 0.4) is 0 Å². The number of rotatable bonds is 6. The summed E-state index contributed by atoms with van der Waals surface area (Å²) in [5, 5.41) is 4.14. The van der Waals surface area contributed by atoms with Crippen LogP contribution in [0.5, 0.6) is 0 Å². The fourth-order valence-electron chi connectivity index (χ4n) is 2.92. The molecule has 0 spiro atoms. The zero-order valence-electron chi connectivity index (χ0n) is 14.7. The van der Waals surface area contributed by atoms with Crippen LogP contribution in [-0.2, 0) is 13.0 Å². The predicted octanol–water partition coefficient (Wildman–Crippen LogP) is 5.40. The Morgan fingerprint density at radius 2 is 2.04 bits per heavy atom. The molecule has 1 aromatic carbocycles. The van der Waals surface area contributed by atoms with Crippen molar-refractivity contribution in [3.8, 4) is 0 Å². The molecular weight excluding hydrogens is 371 g/mol. The molecule has 26 heavy (non-hydrogen) atoms. The number of furan rings is 1. The van der Waals surface area contributed by atoms with Gasteiger partial charge in [0, 0.05) is 35.3 Å². The van der Waals surface area contributed by atoms with Gasteiger partial charge >= 0.3 is 0 Å². The quantitative estimate of drug-likeness (QED) is 0.572. The van der Waals surface area contributed by atoms with Crippen molar-refractivity contribution in [2.45, 2.75) is 26.8 Å². The van der Waals surface area contributed by atoms with Crippen LogP contribution in [-0.4, -0.2) is 17.0 Å². The highest BCUT2D eigenvalue weighted by atomic mass is 35.5. The average Bonchev–Trinajstić information content (AvgIpc) is 3.06. The summed E-state index contributed by atoms with van der Waals surface area (Å²) >= 11 is 12.1. The van der Waals surface area contributed by atoms with Crippen LogP contribution in [0.2, 0.25) is 10.0 Å². The number of carbonyl (C=O) groups excluding carboxylic acids is 1. The number of carbonyl (C=O) groups is 1. The van der Waals surface area contributed by atoms with Crippen LogP contribution in [0.1, 0.15) is 28.7 Å². The number of allylic oxidation sites excluding steroid dienone is 1. The standard InChI is InChI=1S/C20H20Cl2N2O2/c1-12(2)11-24-17-8-13(3)26-19(17)10-18(24)20(25)23-7-6-14-4-5-15(21)9-16(14)22/h4-5,8-10H,1,6-7,11H2,2-3H3,(H,23,25). The summed E-state index contributed by atoms with van der Waals surface area (Å²) in [6.07, 6.45) is 0.623. The number of hydrogen-bond acceptors (Lipinski definition) is 2. The van der Waals surface area contributed by atoms with Crippen molar-refractivity contribution in [1.82, 2.24) is 9.88 Å². The van der Waals surface area contributed by atoms with Crippen LogP contribution in [0.25, 0.3) is 11.1 Å². The number of aromatic nitrogens is 1. The second-order valence-electron chi connectivity index (χ2n) is 6.42. The van der Waals surface area contributed by atoms with Crippen LogP contribution < -0.4 is 5.32 Å². The van der Waals surface area contributed by atoms with E-state index in [0.717, 1.165) is 22.4 Å². The molecule has 0 aliphatic rings. The number of hydrogen-bond donors (Lipinski definition) is 1. The number of aryl methyl sites for hydroxylation is 1. The topological polar surface area (TPSA) is 47.2 Å². The predicted molar refractivity (Wildman–Crippen MR) is 106 cm³/mol. The number of amides is 1. The molecule has 0 fully saturated rings. The first kappa shape index (κ1) is 18.6. The van der Waals surface area contributed by atoms with Crippen molar-refractivity contribution in [1.29, 1.82) is 0 Å². The van der Waals surface area contributed by atoms with Gasteiger partial charge in [-0.2, -0.15) is 0 Å². The molecule has 0 unspecified atom stereocenters. The smallest absolute Gasteiger partial charge is 0.268 e. The minimum Gasteiger partial charge on any atom is -0.460 e. The molecule has 1 amide bonds. The van der Waals surface area contributed by atoms with E-state index in [1.807, 2.05) is 30.5 Å². The molecule has 136 valence electrons. The number of benzene rings is 1. The third kappa shape index (κ3) is 3.97. The Bertz CT molecular complexity index is 985. The second kappa shape index (κ2) is 7.60. The van der Waals surface area contributed by atoms with Crippen molar-refractivity contribution in [2.24, 2.45) is 0 Å². The van der Waals surface area contributed by atoms with Crippen LogP contribution in [0.15, 0.2) is 46.9 Å². The Kier molecular flexibility index (Phi) is 5.44. The number of fused-ring (bicyclic) bond motifs is 1. The van der Waals surface area contributed by atoms with Gasteiger partial charge in [0.2, 0.25) is 0 Å². The third-order valence-corrected chi connectivity index (χ3v) is 4.66. The number of nitrogens with zero attached hydrogens (tertiary/aromatic N) is 1. The second-order valence-corrected chi connectivity index (χ2v) is 7.26. The average molecular weight is 391 g/mol. The van der Waals surface area contributed by atoms with Crippen molar-refractivity contribution in [3.05, 3.63) is 69.5 Å². The van der Waals surface area contributed by atoms with E-state index in [-0.39, 0.29) is 5.91 Å². The third-order valence-electron chi connectivity index (χ3n) is 4.07. The summed E-state index contributed by atoms with van der Waals surface area (Å²) in [6.45, 7) is 8.81. The fourth-order valence-corrected chi connectivity index (χ4v) is 3.42. The maximum atomic E-state index is 12.7. The summed E-state index contributed by atoms with van der Waals surface area (Å²) in [5.41, 5.74) is 4.07. The Hall–Kier alpha value is -2.17. The van der Waals surface area contributed by atoms with Crippen LogP contribution in [0.4, 0.5) is 0 Å². The molecule has 3 rings (SSSR count). The van der Waals surface area contributed by atoms with E-state index in [4.69, 9.17) is 27.6 Å². The molecule has 0 saturated heterocycles. The highest BCUT2D eigenvalue weighted by Gasteiger charge is 2.18. The Labute approximate surface area is 162 Å². The lowest BCUT2D eigenvalue weighted by Gasteiger charge is -2.11. The summed E-state index contributed by atoms with van der Waals surface area (Å²) in [7, 11) is 0. The molecule has 2 aromatic heterocycles. The SMILES string of the molecule is C=C(C)Cn1c(C(=O)NCCc2ccc(Cl)cc2Cl)cc2oc(C)cc21. The van der Waals surface area contributed by atoms with Crippen molar-refractivity contribution in [2.75, 3.05) is 6.54 Å². The normalized spacial score (nSPS) is 11.1. The van der Waals surface area contributed by atoms with Gasteiger partial charge in [0.25, 0.3) is 5.91 Å². The van der Waals surface area contributed by atoms with E-state index in [9.17, 15) is 4.79 Å². The molecule has 0 atom stereocenters. The highest BCUT2D eigenvalue weighted by molar-refractivity contribution is 6.35. The van der Waals surface area contributed by atoms with Gasteiger partial charge in [-0.05, 0) is 38.0 Å². The van der Waals surface area contributed by atoms with E-state index in [1.165, 1.54) is 0 Å². The lowest BCUT2D eigenvalue weighted by molar-refractivity contribution is 0.0945. The first-order chi connectivity index (χ1) is 12.3. The maximum absolute atomic E-state index is 12.7. The van der Waals surface area contributed by atoms with Crippen molar-refractivity contribution >= 4 is 40.2 Å². The van der Waals surface area contributed by atoms with Gasteiger partial charge in [-0.1, -0.05) is 41.4 Å². The molecule has 0 aliphatic heterocycles. The molecule has 3 aromatic rings. The van der Waals surface area contributed by atoms with Gasteiger partial charge < -0.3 is 14.3 Å². The molecule has 4 nitrogen and oxygen atoms in total. The molecule has 6 heteroatoms. The van der Waals surface area contributed by atoms with E-state index in [2.05, 4.69) is 11.9 Å². The van der Waals surface area contributed by atoms with Gasteiger partial charge in [0.15, 0.2) is 5.58 Å². The van der Waals surface area contributed by atoms with Crippen LogP contribution in [0, 0.1) is 6.92 Å². The van der Waals surface area contributed by atoms with Gasteiger partial charge in [0.1, 0.15) is 11.5 Å². The number of nitrogens with one attached hydrogen (secondary N) is 1. The molecule has 0 radical (unpaired) electrons. The fraction of sp³-hybridized carbons (Fsp3) is 0.250. The molecule has 0 bridgehead atoms. The first-order valence-electron chi connectivity index (χ1n) is 8.31. The summed E-state index contributed by atoms with van der Waals surface area (Å²) < 4.78 is 7.59. The van der Waals surface area contributed by atoms with E-state index < -0.39 is 0 Å². The molecule has 0 aliphatic carbocycles. The van der Waals surface area contributed by atoms with Gasteiger partial charge in [-0.3, -0.25) is 4.79 Å². The molecule has 0 saturated carbocycles. The van der Waals surface area contributed by atoms with Gasteiger partial charge in [0.05, 0.1) is 5.52 Å². The van der Waals surface area contributed by atoms with E-state index in [1.54, 1.807) is 18.2 Å². The largest absolute Gasteiger partial charge is 0.460 e. The van der Waals surface area contributed by atoms with E-state index in [0.29, 0.717) is 40.8 Å². The minimum absolute atomic E-state index is 0.152. The maximum Gasteiger partial charge on any atom is 0.268 e.